The molecule has 3 heteroatoms. The Morgan fingerprint density at radius 1 is 1.05 bits per heavy atom. The predicted octanol–water partition coefficient (Wildman–Crippen LogP) is 3.55. The summed E-state index contributed by atoms with van der Waals surface area (Å²) in [7, 11) is 0. The summed E-state index contributed by atoms with van der Waals surface area (Å²) in [5.41, 5.74) is 3.40. The summed E-state index contributed by atoms with van der Waals surface area (Å²) in [5.74, 6) is -0.746. The standard InChI is InChI=1S/C18H21NO2/c1-13(2)17(18(20)21)19-12-14-7-6-10-16(11-14)15-8-4-3-5-9-15/h3-11,13,17,19H,12H2,1-2H3,(H,20,21)/t17-/m0/s1. The number of benzene rings is 2. The smallest absolute Gasteiger partial charge is 0.320 e. The Morgan fingerprint density at radius 3 is 2.33 bits per heavy atom. The number of carboxylic acid groups (broad SMARTS) is 1. The zero-order valence-electron chi connectivity index (χ0n) is 12.4. The van der Waals surface area contributed by atoms with Gasteiger partial charge in [0.05, 0.1) is 0 Å². The average Bonchev–Trinajstić information content (AvgIpc) is 2.48. The Labute approximate surface area is 125 Å². The minimum Gasteiger partial charge on any atom is -0.480 e. The Hall–Kier alpha value is -2.13. The molecule has 21 heavy (non-hydrogen) atoms. The quantitative estimate of drug-likeness (QED) is 0.852. The maximum atomic E-state index is 11.2. The molecule has 110 valence electrons. The second-order valence-electron chi connectivity index (χ2n) is 5.51. The van der Waals surface area contributed by atoms with Crippen molar-refractivity contribution in [2.24, 2.45) is 5.92 Å². The van der Waals surface area contributed by atoms with Crippen molar-refractivity contribution in [1.82, 2.24) is 5.32 Å². The third-order valence-electron chi connectivity index (χ3n) is 3.49. The van der Waals surface area contributed by atoms with E-state index in [4.69, 9.17) is 0 Å². The maximum absolute atomic E-state index is 11.2. The van der Waals surface area contributed by atoms with Crippen LogP contribution in [0.5, 0.6) is 0 Å². The lowest BCUT2D eigenvalue weighted by atomic mass is 10.0. The van der Waals surface area contributed by atoms with Crippen LogP contribution in [0.4, 0.5) is 0 Å². The normalized spacial score (nSPS) is 12.3. The second-order valence-corrected chi connectivity index (χ2v) is 5.51. The number of hydrogen-bond acceptors (Lipinski definition) is 2. The van der Waals surface area contributed by atoms with E-state index in [0.717, 1.165) is 16.7 Å². The molecule has 0 aliphatic carbocycles. The van der Waals surface area contributed by atoms with Gasteiger partial charge in [-0.05, 0) is 28.7 Å². The van der Waals surface area contributed by atoms with Crippen molar-refractivity contribution in [2.45, 2.75) is 26.4 Å². The van der Waals surface area contributed by atoms with Gasteiger partial charge in [0.25, 0.3) is 0 Å². The molecule has 0 fully saturated rings. The number of rotatable bonds is 6. The van der Waals surface area contributed by atoms with Crippen LogP contribution in [-0.2, 0) is 11.3 Å². The number of hydrogen-bond donors (Lipinski definition) is 2. The fourth-order valence-corrected chi connectivity index (χ4v) is 2.33. The molecule has 0 aliphatic heterocycles. The third-order valence-corrected chi connectivity index (χ3v) is 3.49. The molecule has 0 unspecified atom stereocenters. The molecule has 3 nitrogen and oxygen atoms in total. The average molecular weight is 283 g/mol. The molecule has 2 aromatic rings. The Bertz CT molecular complexity index is 593. The lowest BCUT2D eigenvalue weighted by Gasteiger charge is -2.18. The van der Waals surface area contributed by atoms with Gasteiger partial charge >= 0.3 is 5.97 Å². The molecule has 0 radical (unpaired) electrons. The van der Waals surface area contributed by atoms with E-state index in [1.807, 2.05) is 44.2 Å². The summed E-state index contributed by atoms with van der Waals surface area (Å²) in [5, 5.41) is 12.3. The molecule has 2 rings (SSSR count). The van der Waals surface area contributed by atoms with Gasteiger partial charge in [-0.1, -0.05) is 62.4 Å². The molecule has 0 bridgehead atoms. The van der Waals surface area contributed by atoms with Crippen molar-refractivity contribution in [3.63, 3.8) is 0 Å². The van der Waals surface area contributed by atoms with E-state index in [1.165, 1.54) is 0 Å². The highest BCUT2D eigenvalue weighted by molar-refractivity contribution is 5.73. The molecule has 2 aromatic carbocycles. The molecule has 0 heterocycles. The maximum Gasteiger partial charge on any atom is 0.320 e. The monoisotopic (exact) mass is 283 g/mol. The molecule has 2 N–H and O–H groups in total. The highest BCUT2D eigenvalue weighted by Crippen LogP contribution is 2.20. The van der Waals surface area contributed by atoms with Crippen LogP contribution in [0.2, 0.25) is 0 Å². The van der Waals surface area contributed by atoms with Gasteiger partial charge in [0, 0.05) is 6.54 Å². The van der Waals surface area contributed by atoms with Gasteiger partial charge in [-0.2, -0.15) is 0 Å². The van der Waals surface area contributed by atoms with Crippen LogP contribution < -0.4 is 5.32 Å². The van der Waals surface area contributed by atoms with Gasteiger partial charge in [0.15, 0.2) is 0 Å². The molecule has 0 spiro atoms. The van der Waals surface area contributed by atoms with Crippen molar-refractivity contribution >= 4 is 5.97 Å². The van der Waals surface area contributed by atoms with Crippen LogP contribution in [0.25, 0.3) is 11.1 Å². The molecular formula is C18H21NO2. The molecule has 0 saturated heterocycles. The summed E-state index contributed by atoms with van der Waals surface area (Å²) >= 11 is 0. The largest absolute Gasteiger partial charge is 0.480 e. The fraction of sp³-hybridized carbons (Fsp3) is 0.278. The van der Waals surface area contributed by atoms with Crippen molar-refractivity contribution < 1.29 is 9.90 Å². The highest BCUT2D eigenvalue weighted by Gasteiger charge is 2.20. The van der Waals surface area contributed by atoms with Crippen molar-refractivity contribution in [3.05, 3.63) is 60.2 Å². The SMILES string of the molecule is CC(C)[C@H](NCc1cccc(-c2ccccc2)c1)C(=O)O. The van der Waals surface area contributed by atoms with Crippen LogP contribution >= 0.6 is 0 Å². The van der Waals surface area contributed by atoms with E-state index in [1.54, 1.807) is 0 Å². The van der Waals surface area contributed by atoms with E-state index < -0.39 is 12.0 Å². The molecule has 0 aliphatic rings. The van der Waals surface area contributed by atoms with Crippen LogP contribution in [0.3, 0.4) is 0 Å². The number of carbonyl (C=O) groups is 1. The summed E-state index contributed by atoms with van der Waals surface area (Å²) in [4.78, 5) is 11.2. The van der Waals surface area contributed by atoms with Gasteiger partial charge in [-0.15, -0.1) is 0 Å². The first-order valence-electron chi connectivity index (χ1n) is 7.18. The summed E-state index contributed by atoms with van der Waals surface area (Å²) < 4.78 is 0. The number of nitrogens with one attached hydrogen (secondary N) is 1. The van der Waals surface area contributed by atoms with E-state index in [9.17, 15) is 9.90 Å². The van der Waals surface area contributed by atoms with Gasteiger partial charge in [0.2, 0.25) is 0 Å². The topological polar surface area (TPSA) is 49.3 Å². The minimum absolute atomic E-state index is 0.0554. The predicted molar refractivity (Wildman–Crippen MR) is 85.0 cm³/mol. The summed E-state index contributed by atoms with van der Waals surface area (Å²) in [6, 6.07) is 17.8. The first kappa shape index (κ1) is 15.3. The number of aliphatic carboxylic acids is 1. The molecule has 0 aromatic heterocycles. The van der Waals surface area contributed by atoms with E-state index in [0.29, 0.717) is 6.54 Å². The molecule has 0 saturated carbocycles. The van der Waals surface area contributed by atoms with Crippen molar-refractivity contribution in [3.8, 4) is 11.1 Å². The first-order valence-corrected chi connectivity index (χ1v) is 7.18. The van der Waals surface area contributed by atoms with E-state index >= 15 is 0 Å². The van der Waals surface area contributed by atoms with Gasteiger partial charge in [-0.25, -0.2) is 0 Å². The van der Waals surface area contributed by atoms with Crippen LogP contribution in [-0.4, -0.2) is 17.1 Å². The molecule has 0 amide bonds. The molecule has 1 atom stereocenters. The van der Waals surface area contributed by atoms with E-state index in [2.05, 4.69) is 29.6 Å². The Balaban J connectivity index is 2.10. The molecular weight excluding hydrogens is 262 g/mol. The highest BCUT2D eigenvalue weighted by atomic mass is 16.4. The van der Waals surface area contributed by atoms with Gasteiger partial charge < -0.3 is 10.4 Å². The lowest BCUT2D eigenvalue weighted by molar-refractivity contribution is -0.140. The summed E-state index contributed by atoms with van der Waals surface area (Å²) in [6.45, 7) is 4.37. The minimum atomic E-state index is -0.802. The van der Waals surface area contributed by atoms with Crippen LogP contribution in [0, 0.1) is 5.92 Å². The third kappa shape index (κ3) is 4.17. The zero-order chi connectivity index (χ0) is 15.2. The lowest BCUT2D eigenvalue weighted by Crippen LogP contribution is -2.40. The zero-order valence-corrected chi connectivity index (χ0v) is 12.4. The van der Waals surface area contributed by atoms with Gasteiger partial charge in [0.1, 0.15) is 6.04 Å². The van der Waals surface area contributed by atoms with E-state index in [-0.39, 0.29) is 5.92 Å². The Morgan fingerprint density at radius 2 is 1.71 bits per heavy atom. The van der Waals surface area contributed by atoms with Crippen molar-refractivity contribution in [1.29, 1.82) is 0 Å². The van der Waals surface area contributed by atoms with Crippen molar-refractivity contribution in [2.75, 3.05) is 0 Å². The first-order chi connectivity index (χ1) is 10.1. The number of carboxylic acids is 1. The Kier molecular flexibility index (Phi) is 5.12. The van der Waals surface area contributed by atoms with Crippen LogP contribution in [0.15, 0.2) is 54.6 Å². The van der Waals surface area contributed by atoms with Gasteiger partial charge in [-0.3, -0.25) is 4.79 Å². The fourth-order valence-electron chi connectivity index (χ4n) is 2.33. The summed E-state index contributed by atoms with van der Waals surface area (Å²) in [6.07, 6.45) is 0. The second kappa shape index (κ2) is 7.04. The van der Waals surface area contributed by atoms with Crippen LogP contribution in [0.1, 0.15) is 19.4 Å².